The van der Waals surface area contributed by atoms with Crippen molar-refractivity contribution in [1.29, 1.82) is 0 Å². The van der Waals surface area contributed by atoms with Gasteiger partial charge in [-0.2, -0.15) is 0 Å². The third kappa shape index (κ3) is 4.61. The second-order valence-corrected chi connectivity index (χ2v) is 9.31. The van der Waals surface area contributed by atoms with E-state index in [1.54, 1.807) is 16.2 Å². The quantitative estimate of drug-likeness (QED) is 0.697. The Morgan fingerprint density at radius 1 is 1.28 bits per heavy atom. The first-order chi connectivity index (χ1) is 14.1. The van der Waals surface area contributed by atoms with Gasteiger partial charge in [0.2, 0.25) is 0 Å². The number of carbonyl (C=O) groups excluding carboxylic acids is 2. The van der Waals surface area contributed by atoms with Gasteiger partial charge in [-0.05, 0) is 31.9 Å². The van der Waals surface area contributed by atoms with Crippen molar-refractivity contribution >= 4 is 33.4 Å². The minimum Gasteiger partial charge on any atom is -0.455 e. The Morgan fingerprint density at radius 2 is 2.07 bits per heavy atom. The molecule has 1 aromatic carbocycles. The predicted molar refractivity (Wildman–Crippen MR) is 112 cm³/mol. The summed E-state index contributed by atoms with van der Waals surface area (Å²) in [5.41, 5.74) is 0.411. The van der Waals surface area contributed by atoms with Crippen molar-refractivity contribution in [2.24, 2.45) is 5.41 Å². The van der Waals surface area contributed by atoms with E-state index in [-0.39, 0.29) is 24.6 Å². The largest absolute Gasteiger partial charge is 0.455 e. The zero-order valence-corrected chi connectivity index (χ0v) is 17.7. The lowest BCUT2D eigenvalue weighted by Gasteiger charge is -2.35. The van der Waals surface area contributed by atoms with Gasteiger partial charge >= 0.3 is 5.97 Å². The first kappa shape index (κ1) is 20.3. The molecule has 2 heterocycles. The summed E-state index contributed by atoms with van der Waals surface area (Å²) in [5.74, 6) is -0.384. The van der Waals surface area contributed by atoms with Crippen molar-refractivity contribution in [3.8, 4) is 0 Å². The summed E-state index contributed by atoms with van der Waals surface area (Å²) in [4.78, 5) is 32.1. The molecule has 1 saturated heterocycles. The van der Waals surface area contributed by atoms with Gasteiger partial charge in [-0.3, -0.25) is 9.59 Å². The molecule has 29 heavy (non-hydrogen) atoms. The molecule has 1 unspecified atom stereocenters. The lowest BCUT2D eigenvalue weighted by atomic mass is 9.72. The first-order valence-corrected chi connectivity index (χ1v) is 11.3. The minimum absolute atomic E-state index is 0.0205. The SMILES string of the molecule is CC1CN(C(=O)COC(=O)C2(Cc3nc4ccccc4s3)CCCCC2)CCO1. The number of nitrogens with zero attached hydrogens (tertiary/aromatic N) is 2. The van der Waals surface area contributed by atoms with E-state index >= 15 is 0 Å². The Kier molecular flexibility index (Phi) is 6.15. The van der Waals surface area contributed by atoms with Crippen molar-refractivity contribution in [2.75, 3.05) is 26.3 Å². The summed E-state index contributed by atoms with van der Waals surface area (Å²) < 4.78 is 12.2. The first-order valence-electron chi connectivity index (χ1n) is 10.5. The number of amides is 1. The highest BCUT2D eigenvalue weighted by Crippen LogP contribution is 2.41. The number of thiazole rings is 1. The molecule has 1 amide bonds. The van der Waals surface area contributed by atoms with Gasteiger partial charge in [-0.25, -0.2) is 4.98 Å². The van der Waals surface area contributed by atoms with Crippen LogP contribution in [-0.2, 0) is 25.5 Å². The molecule has 2 aromatic rings. The van der Waals surface area contributed by atoms with Crippen LogP contribution in [0.15, 0.2) is 24.3 Å². The molecule has 2 aliphatic rings. The van der Waals surface area contributed by atoms with E-state index in [9.17, 15) is 9.59 Å². The monoisotopic (exact) mass is 416 g/mol. The van der Waals surface area contributed by atoms with Crippen molar-refractivity contribution in [2.45, 2.75) is 51.6 Å². The number of rotatable bonds is 5. The number of esters is 1. The molecular weight excluding hydrogens is 388 g/mol. The average Bonchev–Trinajstić information content (AvgIpc) is 3.14. The van der Waals surface area contributed by atoms with Gasteiger partial charge in [0.25, 0.3) is 5.91 Å². The average molecular weight is 417 g/mol. The van der Waals surface area contributed by atoms with E-state index in [0.717, 1.165) is 47.3 Å². The molecule has 0 N–H and O–H groups in total. The molecule has 1 aliphatic carbocycles. The second-order valence-electron chi connectivity index (χ2n) is 8.19. The Hall–Kier alpha value is -1.99. The van der Waals surface area contributed by atoms with Crippen LogP contribution in [0, 0.1) is 5.41 Å². The molecule has 7 heteroatoms. The number of aromatic nitrogens is 1. The highest BCUT2D eigenvalue weighted by atomic mass is 32.1. The summed E-state index contributed by atoms with van der Waals surface area (Å²) in [6, 6.07) is 8.05. The van der Waals surface area contributed by atoms with Gasteiger partial charge in [-0.15, -0.1) is 11.3 Å². The Labute approximate surface area is 175 Å². The van der Waals surface area contributed by atoms with E-state index in [0.29, 0.717) is 26.1 Å². The second kappa shape index (κ2) is 8.79. The number of benzene rings is 1. The lowest BCUT2D eigenvalue weighted by Crippen LogP contribution is -2.47. The number of morpholine rings is 1. The fourth-order valence-electron chi connectivity index (χ4n) is 4.38. The summed E-state index contributed by atoms with van der Waals surface area (Å²) in [6.45, 7) is 3.39. The van der Waals surface area contributed by atoms with Crippen LogP contribution in [0.25, 0.3) is 10.2 Å². The van der Waals surface area contributed by atoms with Crippen molar-refractivity contribution in [1.82, 2.24) is 9.88 Å². The third-order valence-corrected chi connectivity index (χ3v) is 7.03. The number of para-hydroxylation sites is 1. The number of hydrogen-bond acceptors (Lipinski definition) is 6. The van der Waals surface area contributed by atoms with E-state index in [1.807, 2.05) is 25.1 Å². The van der Waals surface area contributed by atoms with Gasteiger partial charge < -0.3 is 14.4 Å². The number of carbonyl (C=O) groups is 2. The van der Waals surface area contributed by atoms with Gasteiger partial charge in [0, 0.05) is 19.5 Å². The molecule has 0 spiro atoms. The third-order valence-electron chi connectivity index (χ3n) is 5.99. The maximum atomic E-state index is 13.2. The lowest BCUT2D eigenvalue weighted by molar-refractivity contribution is -0.164. The topological polar surface area (TPSA) is 68.7 Å². The molecule has 1 aromatic heterocycles. The van der Waals surface area contributed by atoms with E-state index in [2.05, 4.69) is 6.07 Å². The molecule has 0 bridgehead atoms. The molecule has 1 aliphatic heterocycles. The molecular formula is C22H28N2O4S. The Morgan fingerprint density at radius 3 is 2.83 bits per heavy atom. The fraction of sp³-hybridized carbons (Fsp3) is 0.591. The van der Waals surface area contributed by atoms with Gasteiger partial charge in [0.05, 0.1) is 33.4 Å². The molecule has 156 valence electrons. The molecule has 1 atom stereocenters. The predicted octanol–water partition coefficient (Wildman–Crippen LogP) is 3.58. The van der Waals surface area contributed by atoms with Crippen LogP contribution in [0.5, 0.6) is 0 Å². The van der Waals surface area contributed by atoms with Crippen molar-refractivity contribution in [3.05, 3.63) is 29.3 Å². The molecule has 6 nitrogen and oxygen atoms in total. The maximum Gasteiger partial charge on any atom is 0.313 e. The van der Waals surface area contributed by atoms with Gasteiger partial charge in [0.1, 0.15) is 0 Å². The number of hydrogen-bond donors (Lipinski definition) is 0. The van der Waals surface area contributed by atoms with Crippen LogP contribution in [0.4, 0.5) is 0 Å². The summed E-state index contributed by atoms with van der Waals surface area (Å²) >= 11 is 1.65. The molecule has 1 saturated carbocycles. The zero-order chi connectivity index (χ0) is 20.3. The number of ether oxygens (including phenoxy) is 2. The highest BCUT2D eigenvalue weighted by molar-refractivity contribution is 7.18. The molecule has 4 rings (SSSR count). The van der Waals surface area contributed by atoms with Crippen molar-refractivity contribution in [3.63, 3.8) is 0 Å². The Bertz CT molecular complexity index is 842. The maximum absolute atomic E-state index is 13.2. The van der Waals surface area contributed by atoms with Crippen LogP contribution in [0.3, 0.4) is 0 Å². The highest BCUT2D eigenvalue weighted by Gasteiger charge is 2.42. The summed E-state index contributed by atoms with van der Waals surface area (Å²) in [7, 11) is 0. The fourth-order valence-corrected chi connectivity index (χ4v) is 5.49. The molecule has 0 radical (unpaired) electrons. The standard InChI is InChI=1S/C22H28N2O4S/c1-16-14-24(11-12-27-16)20(25)15-28-21(26)22(9-5-2-6-10-22)13-19-23-17-7-3-4-8-18(17)29-19/h3-4,7-8,16H,2,5-6,9-15H2,1H3. The van der Waals surface area contributed by atoms with E-state index in [1.165, 1.54) is 0 Å². The van der Waals surface area contributed by atoms with Gasteiger partial charge in [0.15, 0.2) is 6.61 Å². The van der Waals surface area contributed by atoms with Crippen LogP contribution in [0.2, 0.25) is 0 Å². The normalized spacial score (nSPS) is 21.8. The zero-order valence-electron chi connectivity index (χ0n) is 16.9. The smallest absolute Gasteiger partial charge is 0.313 e. The van der Waals surface area contributed by atoms with Crippen LogP contribution in [-0.4, -0.2) is 54.2 Å². The van der Waals surface area contributed by atoms with Crippen molar-refractivity contribution < 1.29 is 19.1 Å². The summed E-state index contributed by atoms with van der Waals surface area (Å²) in [5, 5.41) is 0.971. The Balaban J connectivity index is 1.44. The molecule has 2 fully saturated rings. The van der Waals surface area contributed by atoms with Crippen LogP contribution >= 0.6 is 11.3 Å². The number of fused-ring (bicyclic) bond motifs is 1. The van der Waals surface area contributed by atoms with Crippen LogP contribution in [0.1, 0.15) is 44.0 Å². The van der Waals surface area contributed by atoms with E-state index < -0.39 is 5.41 Å². The van der Waals surface area contributed by atoms with Crippen LogP contribution < -0.4 is 0 Å². The minimum atomic E-state index is -0.565. The van der Waals surface area contributed by atoms with Gasteiger partial charge in [-0.1, -0.05) is 31.4 Å². The summed E-state index contributed by atoms with van der Waals surface area (Å²) in [6.07, 6.45) is 5.36. The van der Waals surface area contributed by atoms with E-state index in [4.69, 9.17) is 14.5 Å².